The minimum atomic E-state index is -2.85. The van der Waals surface area contributed by atoms with Gasteiger partial charge in [0.25, 0.3) is 0 Å². The van der Waals surface area contributed by atoms with E-state index in [1.807, 2.05) is 0 Å². The molecule has 1 rings (SSSR count). The van der Waals surface area contributed by atoms with E-state index in [-0.39, 0.29) is 6.10 Å². The molecule has 0 amide bonds. The van der Waals surface area contributed by atoms with Crippen LogP contribution in [0.2, 0.25) is 0 Å². The van der Waals surface area contributed by atoms with Crippen LogP contribution in [0.3, 0.4) is 0 Å². The molecule has 0 aromatic carbocycles. The Hall–Kier alpha value is 0.0600. The van der Waals surface area contributed by atoms with E-state index >= 15 is 0 Å². The molecule has 0 aliphatic carbocycles. The Labute approximate surface area is 63.8 Å². The Balaban J connectivity index is 2.60. The molecule has 1 fully saturated rings. The van der Waals surface area contributed by atoms with Crippen molar-refractivity contribution in [2.75, 3.05) is 12.9 Å². The molecule has 0 radical (unpaired) electrons. The Morgan fingerprint density at radius 3 is 3.00 bits per heavy atom. The summed E-state index contributed by atoms with van der Waals surface area (Å²) in [6.07, 6.45) is 4.69. The van der Waals surface area contributed by atoms with Crippen molar-refractivity contribution < 1.29 is 13.6 Å². The van der Waals surface area contributed by atoms with Crippen molar-refractivity contribution in [1.29, 1.82) is 0 Å². The van der Waals surface area contributed by atoms with Crippen LogP contribution >= 0.6 is 18.2 Å². The van der Waals surface area contributed by atoms with Crippen LogP contribution in [0.5, 0.6) is 0 Å². The van der Waals surface area contributed by atoms with Gasteiger partial charge in [-0.15, -0.1) is 6.42 Å². The molecule has 0 saturated carbocycles. The Bertz CT molecular complexity index is 209. The number of rotatable bonds is 1. The van der Waals surface area contributed by atoms with Crippen LogP contribution in [0.25, 0.3) is 0 Å². The summed E-state index contributed by atoms with van der Waals surface area (Å²) in [6.45, 7) is -2.85. The van der Waals surface area contributed by atoms with E-state index in [9.17, 15) is 4.57 Å². The minimum Gasteiger partial charge on any atom is -0.304 e. The second-order valence-electron chi connectivity index (χ2n) is 1.69. The SMILES string of the molecule is C#CC1CSP(=O)(OC)O1. The van der Waals surface area contributed by atoms with Crippen molar-refractivity contribution in [3.8, 4) is 12.3 Å². The maximum absolute atomic E-state index is 11.2. The van der Waals surface area contributed by atoms with Crippen molar-refractivity contribution in [2.24, 2.45) is 0 Å². The molecule has 1 saturated heterocycles. The minimum absolute atomic E-state index is 0.351. The molecule has 1 heterocycles. The normalized spacial score (nSPS) is 39.4. The van der Waals surface area contributed by atoms with Crippen molar-refractivity contribution in [2.45, 2.75) is 6.10 Å². The average Bonchev–Trinajstić information content (AvgIpc) is 2.33. The fourth-order valence-electron chi connectivity index (χ4n) is 0.550. The van der Waals surface area contributed by atoms with Crippen LogP contribution in [0.1, 0.15) is 0 Å². The predicted molar refractivity (Wildman–Crippen MR) is 40.8 cm³/mol. The first-order chi connectivity index (χ1) is 4.70. The third-order valence-electron chi connectivity index (χ3n) is 1.05. The maximum Gasteiger partial charge on any atom is 0.390 e. The van der Waals surface area contributed by atoms with Gasteiger partial charge in [0, 0.05) is 12.9 Å². The summed E-state index contributed by atoms with van der Waals surface area (Å²) in [5.41, 5.74) is 0. The van der Waals surface area contributed by atoms with Gasteiger partial charge in [0.2, 0.25) is 0 Å². The van der Waals surface area contributed by atoms with Gasteiger partial charge in [0.15, 0.2) is 0 Å². The maximum atomic E-state index is 11.2. The average molecular weight is 178 g/mol. The third-order valence-corrected chi connectivity index (χ3v) is 4.88. The molecule has 3 nitrogen and oxygen atoms in total. The zero-order valence-corrected chi connectivity index (χ0v) is 7.15. The number of terminal acetylenes is 1. The molecule has 0 N–H and O–H groups in total. The molecule has 0 aromatic heterocycles. The molecule has 56 valence electrons. The molecule has 5 heteroatoms. The van der Waals surface area contributed by atoms with Gasteiger partial charge in [-0.05, 0) is 11.4 Å². The second-order valence-corrected chi connectivity index (χ2v) is 5.86. The molecule has 0 spiro atoms. The van der Waals surface area contributed by atoms with Gasteiger partial charge in [-0.2, -0.15) is 0 Å². The smallest absolute Gasteiger partial charge is 0.304 e. The highest BCUT2D eigenvalue weighted by Crippen LogP contribution is 2.65. The predicted octanol–water partition coefficient (Wildman–Crippen LogP) is 1.51. The number of hydrogen-bond acceptors (Lipinski definition) is 4. The summed E-state index contributed by atoms with van der Waals surface area (Å²) in [5.74, 6) is 2.92. The fraction of sp³-hybridized carbons (Fsp3) is 0.600. The monoisotopic (exact) mass is 178 g/mol. The summed E-state index contributed by atoms with van der Waals surface area (Å²) >= 11 is 1.15. The molecule has 2 unspecified atom stereocenters. The Morgan fingerprint density at radius 2 is 2.70 bits per heavy atom. The van der Waals surface area contributed by atoms with Crippen LogP contribution in [0.15, 0.2) is 0 Å². The zero-order chi connectivity index (χ0) is 7.61. The summed E-state index contributed by atoms with van der Waals surface area (Å²) in [6, 6.07) is 0. The first kappa shape index (κ1) is 8.16. The topological polar surface area (TPSA) is 35.5 Å². The molecule has 1 aliphatic rings. The zero-order valence-electron chi connectivity index (χ0n) is 5.44. The van der Waals surface area contributed by atoms with E-state index in [1.54, 1.807) is 0 Å². The molecule has 0 aromatic rings. The quantitative estimate of drug-likeness (QED) is 0.450. The first-order valence-corrected chi connectivity index (χ1v) is 5.78. The Morgan fingerprint density at radius 1 is 2.00 bits per heavy atom. The standard InChI is InChI=1S/C5H7O3PS/c1-3-5-4-10-9(6,7-2)8-5/h1,5H,4H2,2H3. The van der Waals surface area contributed by atoms with E-state index in [0.717, 1.165) is 11.4 Å². The lowest BCUT2D eigenvalue weighted by molar-refractivity contribution is 0.237. The van der Waals surface area contributed by atoms with Crippen molar-refractivity contribution in [3.63, 3.8) is 0 Å². The van der Waals surface area contributed by atoms with Crippen LogP contribution in [0, 0.1) is 12.3 Å². The van der Waals surface area contributed by atoms with Crippen LogP contribution in [-0.2, 0) is 13.6 Å². The largest absolute Gasteiger partial charge is 0.390 e. The van der Waals surface area contributed by atoms with Crippen molar-refractivity contribution in [1.82, 2.24) is 0 Å². The highest BCUT2D eigenvalue weighted by Gasteiger charge is 2.35. The summed E-state index contributed by atoms with van der Waals surface area (Å²) < 4.78 is 20.7. The van der Waals surface area contributed by atoms with Gasteiger partial charge in [-0.3, -0.25) is 4.52 Å². The molecular weight excluding hydrogens is 171 g/mol. The van der Waals surface area contributed by atoms with Gasteiger partial charge >= 0.3 is 6.80 Å². The van der Waals surface area contributed by atoms with Gasteiger partial charge < -0.3 is 4.52 Å². The Kier molecular flexibility index (Phi) is 2.43. The number of hydrogen-bond donors (Lipinski definition) is 0. The van der Waals surface area contributed by atoms with E-state index in [0.29, 0.717) is 5.75 Å². The highest BCUT2D eigenvalue weighted by atomic mass is 32.7. The van der Waals surface area contributed by atoms with Gasteiger partial charge in [-0.1, -0.05) is 5.92 Å². The lowest BCUT2D eigenvalue weighted by Gasteiger charge is -2.05. The van der Waals surface area contributed by atoms with E-state index < -0.39 is 6.80 Å². The van der Waals surface area contributed by atoms with Crippen molar-refractivity contribution >= 4 is 18.2 Å². The highest BCUT2D eigenvalue weighted by molar-refractivity contribution is 8.55. The summed E-state index contributed by atoms with van der Waals surface area (Å²) in [5, 5.41) is 0. The molecule has 0 bridgehead atoms. The molecule has 1 aliphatic heterocycles. The third kappa shape index (κ3) is 1.56. The van der Waals surface area contributed by atoms with Gasteiger partial charge in [0.1, 0.15) is 6.10 Å². The van der Waals surface area contributed by atoms with E-state index in [1.165, 1.54) is 7.11 Å². The lowest BCUT2D eigenvalue weighted by Crippen LogP contribution is -2.02. The van der Waals surface area contributed by atoms with Gasteiger partial charge in [0.05, 0.1) is 0 Å². The van der Waals surface area contributed by atoms with Crippen LogP contribution in [-0.4, -0.2) is 19.0 Å². The molecule has 2 atom stereocenters. The van der Waals surface area contributed by atoms with E-state index in [4.69, 9.17) is 10.9 Å². The molecular formula is C5H7O3PS. The fourth-order valence-corrected chi connectivity index (χ4v) is 3.60. The second kappa shape index (κ2) is 2.98. The van der Waals surface area contributed by atoms with E-state index in [2.05, 4.69) is 10.4 Å². The van der Waals surface area contributed by atoms with Crippen molar-refractivity contribution in [3.05, 3.63) is 0 Å². The van der Waals surface area contributed by atoms with Crippen LogP contribution in [0.4, 0.5) is 0 Å². The lowest BCUT2D eigenvalue weighted by atomic mass is 10.4. The van der Waals surface area contributed by atoms with Crippen LogP contribution < -0.4 is 0 Å². The summed E-state index contributed by atoms with van der Waals surface area (Å²) in [7, 11) is 1.35. The molecule has 10 heavy (non-hydrogen) atoms. The summed E-state index contributed by atoms with van der Waals surface area (Å²) in [4.78, 5) is 0. The van der Waals surface area contributed by atoms with Gasteiger partial charge in [-0.25, -0.2) is 4.57 Å². The first-order valence-electron chi connectivity index (χ1n) is 2.65.